The molecule has 0 spiro atoms. The molecule has 0 radical (unpaired) electrons. The molecule has 0 aromatic carbocycles. The lowest BCUT2D eigenvalue weighted by Crippen LogP contribution is -2.65. The zero-order chi connectivity index (χ0) is 26.9. The molecule has 0 fully saturated rings. The topological polar surface area (TPSA) is 144 Å². The van der Waals surface area contributed by atoms with E-state index < -0.39 is 68.0 Å². The maximum atomic E-state index is 14.0. The second kappa shape index (κ2) is 9.72. The summed E-state index contributed by atoms with van der Waals surface area (Å²) in [6, 6.07) is 0. The van der Waals surface area contributed by atoms with E-state index in [4.69, 9.17) is 0 Å². The third-order valence-electron chi connectivity index (χ3n) is 3.93. The molecule has 0 saturated heterocycles. The maximum absolute atomic E-state index is 14.0. The highest BCUT2D eigenvalue weighted by atomic mass is 32.3. The van der Waals surface area contributed by atoms with E-state index in [0.29, 0.717) is 11.1 Å². The lowest BCUT2D eigenvalue weighted by molar-refractivity contribution is -0.244. The third-order valence-corrected chi connectivity index (χ3v) is 8.63. The Labute approximate surface area is 182 Å². The highest BCUT2D eigenvalue weighted by Crippen LogP contribution is 2.50. The summed E-state index contributed by atoms with van der Waals surface area (Å²) in [5.41, 5.74) is -6.67. The minimum Gasteiger partial charge on any atom is -0.274 e. The third kappa shape index (κ3) is 6.02. The van der Waals surface area contributed by atoms with Crippen LogP contribution in [0.5, 0.6) is 0 Å². The van der Waals surface area contributed by atoms with Crippen LogP contribution in [0.2, 0.25) is 0 Å². The number of sulfonamides is 3. The van der Waals surface area contributed by atoms with Crippen molar-refractivity contribution in [1.29, 1.82) is 0 Å². The molecule has 0 aliphatic carbocycles. The summed E-state index contributed by atoms with van der Waals surface area (Å²) in [6.07, 6.45) is 0.296. The van der Waals surface area contributed by atoms with Gasteiger partial charge in [-0.3, -0.25) is 4.79 Å². The number of carbonyl (C=O) groups excluding carboxylic acids is 1. The number of halogens is 9. The molecule has 0 bridgehead atoms. The van der Waals surface area contributed by atoms with Crippen LogP contribution in [0.25, 0.3) is 0 Å². The van der Waals surface area contributed by atoms with Crippen LogP contribution < -0.4 is 8.85 Å². The first kappa shape index (κ1) is 31.6. The normalized spacial score (nSPS) is 15.8. The van der Waals surface area contributed by atoms with Crippen LogP contribution in [-0.2, 0) is 34.9 Å². The van der Waals surface area contributed by atoms with Crippen molar-refractivity contribution in [3.63, 3.8) is 0 Å². The lowest BCUT2D eigenvalue weighted by atomic mass is 9.99. The van der Waals surface area contributed by atoms with E-state index in [9.17, 15) is 69.6 Å². The number of amides is 1. The van der Waals surface area contributed by atoms with Crippen molar-refractivity contribution in [2.75, 3.05) is 0 Å². The number of alkyl halides is 9. The van der Waals surface area contributed by atoms with Gasteiger partial charge in [-0.25, -0.2) is 21.6 Å². The molecule has 1 amide bonds. The van der Waals surface area contributed by atoms with Crippen molar-refractivity contribution in [2.24, 2.45) is 5.92 Å². The highest BCUT2D eigenvalue weighted by molar-refractivity contribution is 8.05. The fourth-order valence-electron chi connectivity index (χ4n) is 2.00. The fourth-order valence-corrected chi connectivity index (χ4v) is 5.51. The summed E-state index contributed by atoms with van der Waals surface area (Å²) in [7, 11) is -22.3. The molecular formula is C12H17F9N2O7S3. The molecule has 1 atom stereocenters. The van der Waals surface area contributed by atoms with Crippen molar-refractivity contribution >= 4 is 36.0 Å². The van der Waals surface area contributed by atoms with Gasteiger partial charge in [0.15, 0.2) is 0 Å². The van der Waals surface area contributed by atoms with Gasteiger partial charge < -0.3 is 0 Å². The quantitative estimate of drug-likeness (QED) is 0.344. The summed E-state index contributed by atoms with van der Waals surface area (Å²) in [5, 5.41) is -14.6. The van der Waals surface area contributed by atoms with E-state index in [1.807, 2.05) is 0 Å². The van der Waals surface area contributed by atoms with Gasteiger partial charge in [-0.2, -0.15) is 47.9 Å². The Morgan fingerprint density at radius 1 is 0.758 bits per heavy atom. The van der Waals surface area contributed by atoms with Crippen molar-refractivity contribution in [3.8, 4) is 0 Å². The Morgan fingerprint density at radius 2 is 1.18 bits per heavy atom. The first-order valence-electron chi connectivity index (χ1n) is 8.40. The van der Waals surface area contributed by atoms with Crippen LogP contribution in [0, 0.1) is 5.92 Å². The predicted octanol–water partition coefficient (Wildman–Crippen LogP) is 2.24. The molecule has 0 aliphatic rings. The largest absolute Gasteiger partial charge is 0.512 e. The average molecular weight is 568 g/mol. The van der Waals surface area contributed by atoms with Crippen LogP contribution in [0.4, 0.5) is 39.5 Å². The summed E-state index contributed by atoms with van der Waals surface area (Å²) in [5.74, 6) is -10.8. The van der Waals surface area contributed by atoms with E-state index in [1.54, 1.807) is 6.92 Å². The number of hydrogen-bond donors (Lipinski definition) is 2. The zero-order valence-electron chi connectivity index (χ0n) is 16.4. The average Bonchev–Trinajstić information content (AvgIpc) is 2.59. The molecule has 0 heterocycles. The molecule has 0 aliphatic heterocycles. The van der Waals surface area contributed by atoms with Gasteiger partial charge in [0, 0.05) is 5.92 Å². The smallest absolute Gasteiger partial charge is 0.274 e. The molecule has 0 saturated carbocycles. The minimum absolute atomic E-state index is 0.139. The summed E-state index contributed by atoms with van der Waals surface area (Å²) in [6.45, 7) is 2.86. The van der Waals surface area contributed by atoms with Crippen molar-refractivity contribution in [3.05, 3.63) is 0 Å². The summed E-state index contributed by atoms with van der Waals surface area (Å²) in [4.78, 5) is 11.8. The van der Waals surface area contributed by atoms with E-state index in [-0.39, 0.29) is 19.3 Å². The monoisotopic (exact) mass is 568 g/mol. The first-order valence-corrected chi connectivity index (χ1v) is 12.8. The van der Waals surface area contributed by atoms with Crippen LogP contribution in [0.3, 0.4) is 0 Å². The van der Waals surface area contributed by atoms with Gasteiger partial charge in [0.2, 0.25) is 5.91 Å². The van der Waals surface area contributed by atoms with E-state index in [0.717, 1.165) is 0 Å². The maximum Gasteiger partial charge on any atom is 0.512 e. The van der Waals surface area contributed by atoms with Gasteiger partial charge in [-0.05, 0) is 12.8 Å². The van der Waals surface area contributed by atoms with Gasteiger partial charge in [0.25, 0.3) is 10.0 Å². The Morgan fingerprint density at radius 3 is 1.55 bits per heavy atom. The lowest BCUT2D eigenvalue weighted by Gasteiger charge is -2.31. The number of unbranched alkanes of at least 4 members (excludes halogenated alkanes) is 1. The van der Waals surface area contributed by atoms with Crippen molar-refractivity contribution in [2.45, 2.75) is 61.5 Å². The summed E-state index contributed by atoms with van der Waals surface area (Å²) < 4.78 is 186. The second-order valence-electron chi connectivity index (χ2n) is 6.36. The van der Waals surface area contributed by atoms with Crippen LogP contribution in [-0.4, -0.2) is 53.1 Å². The predicted molar refractivity (Wildman–Crippen MR) is 92.2 cm³/mol. The van der Waals surface area contributed by atoms with Gasteiger partial charge in [0.1, 0.15) is 0 Å². The van der Waals surface area contributed by atoms with E-state index >= 15 is 0 Å². The molecule has 0 aromatic rings. The number of carbonyl (C=O) groups is 1. The summed E-state index contributed by atoms with van der Waals surface area (Å²) >= 11 is 0. The Hall–Kier alpha value is -1.35. The molecule has 198 valence electrons. The first-order chi connectivity index (χ1) is 14.4. The van der Waals surface area contributed by atoms with Crippen LogP contribution in [0.15, 0.2) is 0 Å². The Bertz CT molecular complexity index is 1040. The Kier molecular flexibility index (Phi) is 9.32. The standard InChI is InChI=1S/C12H17F9N2O7S3/c1-3-5-6-7(4-2)8(24)22-31(25,26)10(15,16)9(13,14)11(17,18)32(27,28)23-33(29,30)12(19,20)21/h7,23H,3-6H2,1-2H3,(H,22,24). The molecular weight excluding hydrogens is 551 g/mol. The van der Waals surface area contributed by atoms with Crippen LogP contribution in [0.1, 0.15) is 39.5 Å². The van der Waals surface area contributed by atoms with Crippen molar-refractivity contribution < 1.29 is 69.6 Å². The molecule has 1 unspecified atom stereocenters. The fraction of sp³-hybridized carbons (Fsp3) is 0.917. The van der Waals surface area contributed by atoms with Gasteiger partial charge >= 0.3 is 42.0 Å². The van der Waals surface area contributed by atoms with Gasteiger partial charge in [0.05, 0.1) is 0 Å². The van der Waals surface area contributed by atoms with E-state index in [1.165, 1.54) is 6.92 Å². The zero-order valence-corrected chi connectivity index (χ0v) is 18.8. The molecule has 0 rings (SSSR count). The number of nitrogens with one attached hydrogen (secondary N) is 2. The van der Waals surface area contributed by atoms with Gasteiger partial charge in [-0.1, -0.05) is 30.8 Å². The van der Waals surface area contributed by atoms with Crippen LogP contribution >= 0.6 is 0 Å². The van der Waals surface area contributed by atoms with E-state index in [2.05, 4.69) is 0 Å². The molecule has 33 heavy (non-hydrogen) atoms. The molecule has 0 aromatic heterocycles. The Balaban J connectivity index is 6.30. The minimum atomic E-state index is -7.86. The molecule has 2 N–H and O–H groups in total. The van der Waals surface area contributed by atoms with Crippen molar-refractivity contribution in [1.82, 2.24) is 8.85 Å². The molecule has 9 nitrogen and oxygen atoms in total. The number of hydrogen-bond acceptors (Lipinski definition) is 7. The second-order valence-corrected chi connectivity index (χ2v) is 11.7. The molecule has 21 heteroatoms. The SMILES string of the molecule is CCCCC(CC)C(=O)NS(=O)(=O)C(F)(F)C(F)(F)C(F)(F)S(=O)(=O)NS(=O)(=O)C(F)(F)F. The number of rotatable bonds is 12. The highest BCUT2D eigenvalue weighted by Gasteiger charge is 2.83. The van der Waals surface area contributed by atoms with Gasteiger partial charge in [-0.15, -0.1) is 0 Å².